The highest BCUT2D eigenvalue weighted by molar-refractivity contribution is 6.33. The number of hydrogen-bond donors (Lipinski definition) is 2. The molecule has 32 heavy (non-hydrogen) atoms. The maximum atomic E-state index is 14.8. The standard InChI is InChI=1S/C22H24ClF2N5O2/c1-11-19(18-12(2)29-32-13(18)3)27-21(15-9-14(31)5-6-16(15)23)28-20(11)26-17-7-8-30(4)10-22(17,24)25/h5-6,9,17,31H,7-8,10H2,1-4H3,(H,26,27,28). The number of nitrogens with one attached hydrogen (secondary N) is 1. The number of aryl methyl sites for hydroxylation is 2. The molecule has 170 valence electrons. The van der Waals surface area contributed by atoms with Crippen LogP contribution in [0.25, 0.3) is 22.6 Å². The summed E-state index contributed by atoms with van der Waals surface area (Å²) in [4.78, 5) is 10.8. The lowest BCUT2D eigenvalue weighted by molar-refractivity contribution is -0.0674. The van der Waals surface area contributed by atoms with Gasteiger partial charge >= 0.3 is 0 Å². The Balaban J connectivity index is 1.87. The molecule has 4 rings (SSSR count). The van der Waals surface area contributed by atoms with E-state index in [-0.39, 0.29) is 30.4 Å². The van der Waals surface area contributed by atoms with Gasteiger partial charge in [0.2, 0.25) is 0 Å². The predicted molar refractivity (Wildman–Crippen MR) is 118 cm³/mol. The van der Waals surface area contributed by atoms with Crippen LogP contribution in [0.15, 0.2) is 22.7 Å². The fraction of sp³-hybridized carbons (Fsp3) is 0.409. The molecule has 3 aromatic rings. The van der Waals surface area contributed by atoms with Gasteiger partial charge in [-0.3, -0.25) is 0 Å². The van der Waals surface area contributed by atoms with Crippen molar-refractivity contribution in [1.82, 2.24) is 20.0 Å². The SMILES string of the molecule is Cc1noc(C)c1-c1nc(-c2cc(O)ccc2Cl)nc(NC2CCN(C)CC2(F)F)c1C. The molecule has 0 bridgehead atoms. The first-order chi connectivity index (χ1) is 15.1. The molecule has 0 saturated carbocycles. The molecule has 1 aromatic carbocycles. The summed E-state index contributed by atoms with van der Waals surface area (Å²) in [5.74, 6) is -1.92. The molecule has 0 radical (unpaired) electrons. The normalized spacial score (nSPS) is 18.7. The van der Waals surface area contributed by atoms with E-state index >= 15 is 0 Å². The van der Waals surface area contributed by atoms with E-state index in [9.17, 15) is 13.9 Å². The van der Waals surface area contributed by atoms with Crippen molar-refractivity contribution in [1.29, 1.82) is 0 Å². The lowest BCUT2D eigenvalue weighted by atomic mass is 10.00. The van der Waals surface area contributed by atoms with Crippen LogP contribution in [0, 0.1) is 20.8 Å². The summed E-state index contributed by atoms with van der Waals surface area (Å²) in [6.07, 6.45) is 0.260. The molecule has 7 nitrogen and oxygen atoms in total. The summed E-state index contributed by atoms with van der Waals surface area (Å²) in [5, 5.41) is 17.2. The highest BCUT2D eigenvalue weighted by Crippen LogP contribution is 2.37. The molecule has 3 heterocycles. The Hall–Kier alpha value is -2.78. The Bertz CT molecular complexity index is 1150. The molecule has 0 aliphatic carbocycles. The van der Waals surface area contributed by atoms with Crippen LogP contribution in [-0.4, -0.2) is 57.2 Å². The van der Waals surface area contributed by atoms with Gasteiger partial charge in [0, 0.05) is 17.7 Å². The molecule has 2 aromatic heterocycles. The van der Waals surface area contributed by atoms with Gasteiger partial charge in [-0.15, -0.1) is 0 Å². The number of alkyl halides is 2. The number of aromatic hydroxyl groups is 1. The second-order valence-electron chi connectivity index (χ2n) is 8.22. The van der Waals surface area contributed by atoms with Crippen LogP contribution >= 0.6 is 11.6 Å². The summed E-state index contributed by atoms with van der Waals surface area (Å²) in [7, 11) is 1.68. The number of piperidine rings is 1. The molecular weight excluding hydrogens is 440 g/mol. The maximum Gasteiger partial charge on any atom is 0.280 e. The number of halogens is 3. The largest absolute Gasteiger partial charge is 0.508 e. The van der Waals surface area contributed by atoms with Crippen molar-refractivity contribution < 1.29 is 18.4 Å². The number of aromatic nitrogens is 3. The Kier molecular flexibility index (Phi) is 5.81. The van der Waals surface area contributed by atoms with Crippen molar-refractivity contribution in [2.24, 2.45) is 0 Å². The minimum atomic E-state index is -2.93. The average Bonchev–Trinajstić information content (AvgIpc) is 3.05. The maximum absolute atomic E-state index is 14.8. The smallest absolute Gasteiger partial charge is 0.280 e. The topological polar surface area (TPSA) is 87.3 Å². The fourth-order valence-corrected chi connectivity index (χ4v) is 4.18. The first-order valence-corrected chi connectivity index (χ1v) is 10.6. The molecule has 1 saturated heterocycles. The molecule has 0 amide bonds. The van der Waals surface area contributed by atoms with Crippen LogP contribution in [0.4, 0.5) is 14.6 Å². The van der Waals surface area contributed by atoms with Crippen LogP contribution in [-0.2, 0) is 0 Å². The summed E-state index contributed by atoms with van der Waals surface area (Å²) in [6.45, 7) is 5.52. The Morgan fingerprint density at radius 2 is 2.00 bits per heavy atom. The minimum Gasteiger partial charge on any atom is -0.508 e. The monoisotopic (exact) mass is 463 g/mol. The highest BCUT2D eigenvalue weighted by Gasteiger charge is 2.44. The van der Waals surface area contributed by atoms with Gasteiger partial charge in [-0.05, 0) is 52.4 Å². The second-order valence-corrected chi connectivity index (χ2v) is 8.62. The number of phenolic OH excluding ortho intramolecular Hbond substituents is 1. The second kappa shape index (κ2) is 8.29. The van der Waals surface area contributed by atoms with Crippen molar-refractivity contribution in [3.63, 3.8) is 0 Å². The highest BCUT2D eigenvalue weighted by atomic mass is 35.5. The van der Waals surface area contributed by atoms with Crippen LogP contribution in [0.3, 0.4) is 0 Å². The van der Waals surface area contributed by atoms with E-state index in [0.29, 0.717) is 45.4 Å². The van der Waals surface area contributed by atoms with Crippen LogP contribution in [0.5, 0.6) is 5.75 Å². The van der Waals surface area contributed by atoms with Gasteiger partial charge in [-0.1, -0.05) is 16.8 Å². The first kappa shape index (κ1) is 22.4. The molecule has 1 fully saturated rings. The number of phenols is 1. The van der Waals surface area contributed by atoms with Crippen LogP contribution in [0.1, 0.15) is 23.4 Å². The van der Waals surface area contributed by atoms with Gasteiger partial charge < -0.3 is 19.8 Å². The molecule has 2 N–H and O–H groups in total. The van der Waals surface area contributed by atoms with E-state index in [1.54, 1.807) is 32.7 Å². The van der Waals surface area contributed by atoms with Gasteiger partial charge in [0.05, 0.1) is 34.6 Å². The van der Waals surface area contributed by atoms with Crippen LogP contribution in [0.2, 0.25) is 5.02 Å². The zero-order valence-electron chi connectivity index (χ0n) is 18.2. The third-order valence-corrected chi connectivity index (χ3v) is 6.04. The quantitative estimate of drug-likeness (QED) is 0.572. The lowest BCUT2D eigenvalue weighted by Crippen LogP contribution is -2.53. The molecule has 1 atom stereocenters. The molecule has 1 unspecified atom stereocenters. The number of benzene rings is 1. The fourth-order valence-electron chi connectivity index (χ4n) is 3.98. The molecular formula is C22H24ClF2N5O2. The van der Waals surface area contributed by atoms with Crippen LogP contribution < -0.4 is 5.32 Å². The third kappa shape index (κ3) is 4.14. The van der Waals surface area contributed by atoms with E-state index in [2.05, 4.69) is 20.4 Å². The van der Waals surface area contributed by atoms with E-state index in [4.69, 9.17) is 16.1 Å². The average molecular weight is 464 g/mol. The van der Waals surface area contributed by atoms with Crippen molar-refractivity contribution in [2.45, 2.75) is 39.2 Å². The first-order valence-electron chi connectivity index (χ1n) is 10.2. The zero-order valence-corrected chi connectivity index (χ0v) is 19.0. The molecule has 1 aliphatic heterocycles. The summed E-state index contributed by atoms with van der Waals surface area (Å²) >= 11 is 6.35. The van der Waals surface area contributed by atoms with Crippen molar-refractivity contribution in [2.75, 3.05) is 25.5 Å². The van der Waals surface area contributed by atoms with Crippen molar-refractivity contribution >= 4 is 17.4 Å². The summed E-state index contributed by atoms with van der Waals surface area (Å²) in [6, 6.07) is 3.34. The number of nitrogens with zero attached hydrogens (tertiary/aromatic N) is 4. The number of hydrogen-bond acceptors (Lipinski definition) is 7. The molecule has 10 heteroatoms. The van der Waals surface area contributed by atoms with Gasteiger partial charge in [0.1, 0.15) is 17.3 Å². The zero-order chi connectivity index (χ0) is 23.2. The Morgan fingerprint density at radius 1 is 1.25 bits per heavy atom. The van der Waals surface area contributed by atoms with Gasteiger partial charge in [-0.2, -0.15) is 0 Å². The molecule has 0 spiro atoms. The van der Waals surface area contributed by atoms with E-state index in [1.165, 1.54) is 18.2 Å². The third-order valence-electron chi connectivity index (χ3n) is 5.71. The van der Waals surface area contributed by atoms with E-state index in [1.807, 2.05) is 0 Å². The van der Waals surface area contributed by atoms with Gasteiger partial charge in [-0.25, -0.2) is 18.7 Å². The molecule has 1 aliphatic rings. The van der Waals surface area contributed by atoms with Crippen molar-refractivity contribution in [3.05, 3.63) is 40.2 Å². The van der Waals surface area contributed by atoms with Crippen molar-refractivity contribution in [3.8, 4) is 28.4 Å². The summed E-state index contributed by atoms with van der Waals surface area (Å²) in [5.41, 5.74) is 2.77. The minimum absolute atomic E-state index is 0.0103. The van der Waals surface area contributed by atoms with E-state index < -0.39 is 12.0 Å². The van der Waals surface area contributed by atoms with E-state index in [0.717, 1.165) is 0 Å². The Morgan fingerprint density at radius 3 is 2.66 bits per heavy atom. The number of anilines is 1. The summed E-state index contributed by atoms with van der Waals surface area (Å²) < 4.78 is 34.8. The lowest BCUT2D eigenvalue weighted by Gasteiger charge is -2.37. The number of rotatable bonds is 4. The number of likely N-dealkylation sites (tertiary alicyclic amines) is 1. The Labute approximate surface area is 189 Å². The van der Waals surface area contributed by atoms with Gasteiger partial charge in [0.15, 0.2) is 5.82 Å². The van der Waals surface area contributed by atoms with Gasteiger partial charge in [0.25, 0.3) is 5.92 Å². The predicted octanol–water partition coefficient (Wildman–Crippen LogP) is 4.83.